The maximum absolute atomic E-state index is 6.26. The molecule has 0 spiro atoms. The number of hydrogen-bond donors (Lipinski definition) is 3. The van der Waals surface area contributed by atoms with E-state index in [9.17, 15) is 0 Å². The van der Waals surface area contributed by atoms with Crippen molar-refractivity contribution in [2.24, 2.45) is 11.7 Å². The first-order chi connectivity index (χ1) is 16.7. The molecule has 0 bridgehead atoms. The lowest BCUT2D eigenvalue weighted by atomic mass is 10.0. The normalized spacial score (nSPS) is 21.8. The number of fused-ring (bicyclic) bond motifs is 1. The highest BCUT2D eigenvalue weighted by molar-refractivity contribution is 7.80. The summed E-state index contributed by atoms with van der Waals surface area (Å²) in [6, 6.07) is 15.9. The van der Waals surface area contributed by atoms with E-state index in [1.807, 2.05) is 0 Å². The van der Waals surface area contributed by atoms with Gasteiger partial charge in [-0.2, -0.15) is 12.6 Å². The van der Waals surface area contributed by atoms with Crippen LogP contribution in [0.3, 0.4) is 0 Å². The fourth-order valence-electron chi connectivity index (χ4n) is 5.91. The number of aromatic nitrogens is 3. The minimum Gasteiger partial charge on any atom is -0.381 e. The zero-order chi connectivity index (χ0) is 22.8. The molecule has 176 valence electrons. The number of rotatable bonds is 5. The second-order valence-corrected chi connectivity index (χ2v) is 10.9. The minimum absolute atomic E-state index is 0.0330. The Morgan fingerprint density at radius 1 is 1.12 bits per heavy atom. The third-order valence-corrected chi connectivity index (χ3v) is 8.45. The van der Waals surface area contributed by atoms with Crippen molar-refractivity contribution < 1.29 is 0 Å². The molecule has 0 radical (unpaired) electrons. The highest BCUT2D eigenvalue weighted by atomic mass is 32.1. The lowest BCUT2D eigenvalue weighted by Crippen LogP contribution is -2.43. The molecule has 2 fully saturated rings. The van der Waals surface area contributed by atoms with E-state index in [1.54, 1.807) is 0 Å². The third kappa shape index (κ3) is 3.44. The lowest BCUT2D eigenvalue weighted by Gasteiger charge is -2.35. The van der Waals surface area contributed by atoms with Crippen LogP contribution in [0.5, 0.6) is 0 Å². The highest BCUT2D eigenvalue weighted by Crippen LogP contribution is 2.40. The van der Waals surface area contributed by atoms with Gasteiger partial charge in [0.05, 0.1) is 27.8 Å². The van der Waals surface area contributed by atoms with Crippen molar-refractivity contribution in [3.63, 3.8) is 0 Å². The second kappa shape index (κ2) is 8.04. The summed E-state index contributed by atoms with van der Waals surface area (Å²) in [6.07, 6.45) is 4.91. The Kier molecular flexibility index (Phi) is 4.93. The Morgan fingerprint density at radius 2 is 2.00 bits per heavy atom. The summed E-state index contributed by atoms with van der Waals surface area (Å²) in [5.41, 5.74) is 13.5. The average molecular weight is 473 g/mol. The fraction of sp³-hybridized carbons (Fsp3) is 0.444. The van der Waals surface area contributed by atoms with Crippen LogP contribution in [0.1, 0.15) is 36.6 Å². The standard InChI is InChI=1S/C27H32N6S/c28-20-5-3-10-31(16-20)27(34)19-12-21-25-22(13-19)30-26(32(25)11-9-29-21)24-14-18-4-1-2-6-23(18)33(24)15-17-7-8-17/h1-2,4,6,12-14,17,20,27,29,34H,3,5,7-11,15-16,28H2/t20?,27-/m1/s1. The molecule has 2 aromatic carbocycles. The summed E-state index contributed by atoms with van der Waals surface area (Å²) >= 11 is 5.03. The SMILES string of the molecule is NC1CCCN([C@H](S)c2cc3c4c(c2)nc(-c2cc5ccccc5n2CC2CC2)n4CCN3)C1. The first kappa shape index (κ1) is 20.9. The molecule has 1 saturated carbocycles. The molecule has 34 heavy (non-hydrogen) atoms. The molecule has 7 rings (SSSR count). The predicted octanol–water partition coefficient (Wildman–Crippen LogP) is 4.85. The van der Waals surface area contributed by atoms with Gasteiger partial charge in [-0.05, 0) is 68.0 Å². The van der Waals surface area contributed by atoms with Crippen molar-refractivity contribution in [3.05, 3.63) is 48.0 Å². The third-order valence-electron chi connectivity index (χ3n) is 7.83. The predicted molar refractivity (Wildman–Crippen MR) is 142 cm³/mol. The first-order valence-electron chi connectivity index (χ1n) is 12.7. The topological polar surface area (TPSA) is 64.0 Å². The minimum atomic E-state index is 0.0330. The van der Waals surface area contributed by atoms with E-state index in [0.29, 0.717) is 0 Å². The van der Waals surface area contributed by atoms with Crippen molar-refractivity contribution in [3.8, 4) is 11.5 Å². The van der Waals surface area contributed by atoms with E-state index in [2.05, 4.69) is 61.8 Å². The molecule has 0 amide bonds. The summed E-state index contributed by atoms with van der Waals surface area (Å²) in [7, 11) is 0. The number of nitrogens with two attached hydrogens (primary N) is 1. The van der Waals surface area contributed by atoms with Crippen LogP contribution in [-0.2, 0) is 13.1 Å². The molecule has 4 heterocycles. The molecule has 3 N–H and O–H groups in total. The number of piperidine rings is 1. The maximum Gasteiger partial charge on any atom is 0.157 e. The Hall–Kier alpha value is -2.48. The van der Waals surface area contributed by atoms with Crippen molar-refractivity contribution in [1.82, 2.24) is 19.0 Å². The van der Waals surface area contributed by atoms with E-state index >= 15 is 0 Å². The van der Waals surface area contributed by atoms with E-state index in [4.69, 9.17) is 23.3 Å². The zero-order valence-corrected chi connectivity index (χ0v) is 20.3. The molecule has 2 atom stereocenters. The number of anilines is 1. The van der Waals surface area contributed by atoms with Crippen molar-refractivity contribution in [2.45, 2.75) is 50.2 Å². The molecule has 1 unspecified atom stereocenters. The molecule has 4 aromatic rings. The summed E-state index contributed by atoms with van der Waals surface area (Å²) in [6.45, 7) is 4.86. The van der Waals surface area contributed by atoms with Gasteiger partial charge in [-0.25, -0.2) is 4.98 Å². The van der Waals surface area contributed by atoms with Crippen LogP contribution < -0.4 is 11.1 Å². The number of para-hydroxylation sites is 1. The molecular formula is C27H32N6S. The molecular weight excluding hydrogens is 440 g/mol. The van der Waals surface area contributed by atoms with Gasteiger partial charge in [0.25, 0.3) is 0 Å². The number of nitrogens with one attached hydrogen (secondary N) is 1. The van der Waals surface area contributed by atoms with E-state index in [1.165, 1.54) is 46.2 Å². The van der Waals surface area contributed by atoms with Crippen LogP contribution in [0.4, 0.5) is 5.69 Å². The number of benzene rings is 2. The van der Waals surface area contributed by atoms with E-state index < -0.39 is 0 Å². The van der Waals surface area contributed by atoms with Crippen molar-refractivity contribution in [2.75, 3.05) is 25.0 Å². The average Bonchev–Trinajstić information content (AvgIpc) is 3.50. The van der Waals surface area contributed by atoms with Crippen LogP contribution in [0.25, 0.3) is 33.5 Å². The van der Waals surface area contributed by atoms with Crippen LogP contribution >= 0.6 is 12.6 Å². The van der Waals surface area contributed by atoms with Gasteiger partial charge in [0, 0.05) is 43.1 Å². The van der Waals surface area contributed by atoms with E-state index in [-0.39, 0.29) is 11.4 Å². The molecule has 6 nitrogen and oxygen atoms in total. The smallest absolute Gasteiger partial charge is 0.157 e. The van der Waals surface area contributed by atoms with Crippen LogP contribution in [-0.4, -0.2) is 44.7 Å². The number of hydrogen-bond acceptors (Lipinski definition) is 5. The van der Waals surface area contributed by atoms with Gasteiger partial charge in [-0.3, -0.25) is 4.90 Å². The highest BCUT2D eigenvalue weighted by Gasteiger charge is 2.28. The first-order valence-corrected chi connectivity index (χ1v) is 13.2. The summed E-state index contributed by atoms with van der Waals surface area (Å²) in [5, 5.41) is 4.97. The van der Waals surface area contributed by atoms with Gasteiger partial charge in [0.15, 0.2) is 5.82 Å². The van der Waals surface area contributed by atoms with Gasteiger partial charge < -0.3 is 20.2 Å². The second-order valence-electron chi connectivity index (χ2n) is 10.4. The molecule has 7 heteroatoms. The van der Waals surface area contributed by atoms with Gasteiger partial charge in [-0.15, -0.1) is 0 Å². The number of thiol groups is 1. The Morgan fingerprint density at radius 3 is 2.85 bits per heavy atom. The molecule has 3 aliphatic rings. The molecule has 1 saturated heterocycles. The van der Waals surface area contributed by atoms with Crippen LogP contribution in [0.15, 0.2) is 42.5 Å². The van der Waals surface area contributed by atoms with Gasteiger partial charge in [0.1, 0.15) is 0 Å². The number of imidazole rings is 1. The van der Waals surface area contributed by atoms with Gasteiger partial charge in [-0.1, -0.05) is 18.2 Å². The quantitative estimate of drug-likeness (QED) is 0.364. The lowest BCUT2D eigenvalue weighted by molar-refractivity contribution is 0.197. The zero-order valence-electron chi connectivity index (χ0n) is 19.5. The maximum atomic E-state index is 6.26. The molecule has 1 aliphatic carbocycles. The molecule has 2 aromatic heterocycles. The van der Waals surface area contributed by atoms with E-state index in [0.717, 1.165) is 62.8 Å². The van der Waals surface area contributed by atoms with Gasteiger partial charge in [0.2, 0.25) is 0 Å². The number of nitrogens with zero attached hydrogens (tertiary/aromatic N) is 4. The van der Waals surface area contributed by atoms with Crippen molar-refractivity contribution in [1.29, 1.82) is 0 Å². The largest absolute Gasteiger partial charge is 0.381 e. The van der Waals surface area contributed by atoms with Gasteiger partial charge >= 0.3 is 0 Å². The molecule has 2 aliphatic heterocycles. The Labute approximate surface area is 205 Å². The summed E-state index contributed by atoms with van der Waals surface area (Å²) < 4.78 is 4.93. The van der Waals surface area contributed by atoms with Crippen LogP contribution in [0.2, 0.25) is 0 Å². The summed E-state index contributed by atoms with van der Waals surface area (Å²) in [5.74, 6) is 1.88. The Bertz CT molecular complexity index is 1380. The fourth-order valence-corrected chi connectivity index (χ4v) is 6.27. The van der Waals surface area contributed by atoms with Crippen LogP contribution in [0, 0.1) is 5.92 Å². The Balaban J connectivity index is 1.36. The monoisotopic (exact) mass is 472 g/mol. The number of likely N-dealkylation sites (tertiary alicyclic amines) is 1. The summed E-state index contributed by atoms with van der Waals surface area (Å²) in [4.78, 5) is 7.67. The van der Waals surface area contributed by atoms with Crippen molar-refractivity contribution >= 4 is 40.3 Å².